The molecule has 0 saturated heterocycles. The van der Waals surface area contributed by atoms with Gasteiger partial charge in [0.25, 0.3) is 5.91 Å². The van der Waals surface area contributed by atoms with Gasteiger partial charge in [-0.05, 0) is 18.9 Å². The molecule has 1 saturated carbocycles. The van der Waals surface area contributed by atoms with E-state index in [0.717, 1.165) is 25.7 Å². The maximum Gasteiger partial charge on any atom is 0.307 e. The van der Waals surface area contributed by atoms with E-state index in [0.29, 0.717) is 11.3 Å². The Labute approximate surface area is 124 Å². The number of rotatable bonds is 6. The van der Waals surface area contributed by atoms with Crippen LogP contribution >= 0.6 is 0 Å². The lowest BCUT2D eigenvalue weighted by Crippen LogP contribution is -2.39. The molecular formula is C16H21NO4. The first-order chi connectivity index (χ1) is 10.1. The molecule has 0 heterocycles. The molecule has 1 aromatic rings. The standard InChI is InChI=1S/C16H21NO4/c18-15(17-13-7-2-1-3-8-13)11-21-14-9-5-4-6-12(14)10-16(19)20/h4-6,9,13H,1-3,7-8,10-11H2,(H,17,18)(H,19,20). The van der Waals surface area contributed by atoms with Gasteiger partial charge in [0, 0.05) is 11.6 Å². The molecule has 1 aliphatic rings. The molecule has 1 aromatic carbocycles. The van der Waals surface area contributed by atoms with Crippen LogP contribution in [0.2, 0.25) is 0 Å². The van der Waals surface area contributed by atoms with Gasteiger partial charge < -0.3 is 15.2 Å². The second-order valence-electron chi connectivity index (χ2n) is 5.37. The lowest BCUT2D eigenvalue weighted by atomic mass is 9.95. The third-order valence-corrected chi connectivity index (χ3v) is 3.64. The molecule has 5 heteroatoms. The van der Waals surface area contributed by atoms with Gasteiger partial charge in [-0.3, -0.25) is 9.59 Å². The quantitative estimate of drug-likeness (QED) is 0.842. The van der Waals surface area contributed by atoms with Crippen molar-refractivity contribution >= 4 is 11.9 Å². The number of hydrogen-bond acceptors (Lipinski definition) is 3. The highest BCUT2D eigenvalue weighted by molar-refractivity contribution is 5.78. The number of nitrogens with one attached hydrogen (secondary N) is 1. The fourth-order valence-electron chi connectivity index (χ4n) is 2.61. The zero-order chi connectivity index (χ0) is 15.1. The number of para-hydroxylation sites is 1. The Morgan fingerprint density at radius 1 is 1.19 bits per heavy atom. The van der Waals surface area contributed by atoms with E-state index in [4.69, 9.17) is 9.84 Å². The topological polar surface area (TPSA) is 75.6 Å². The van der Waals surface area contributed by atoms with Gasteiger partial charge >= 0.3 is 5.97 Å². The van der Waals surface area contributed by atoms with Crippen molar-refractivity contribution in [2.24, 2.45) is 0 Å². The number of amides is 1. The van der Waals surface area contributed by atoms with Gasteiger partial charge in [-0.15, -0.1) is 0 Å². The number of carboxylic acids is 1. The van der Waals surface area contributed by atoms with Crippen LogP contribution in [0.25, 0.3) is 0 Å². The molecule has 5 nitrogen and oxygen atoms in total. The molecule has 0 spiro atoms. The zero-order valence-corrected chi connectivity index (χ0v) is 12.0. The number of carbonyl (C=O) groups is 2. The highest BCUT2D eigenvalue weighted by Crippen LogP contribution is 2.19. The molecule has 21 heavy (non-hydrogen) atoms. The van der Waals surface area contributed by atoms with Crippen molar-refractivity contribution in [3.8, 4) is 5.75 Å². The van der Waals surface area contributed by atoms with Gasteiger partial charge in [0.2, 0.25) is 0 Å². The Bertz CT molecular complexity index is 495. The number of carboxylic acid groups (broad SMARTS) is 1. The van der Waals surface area contributed by atoms with Crippen LogP contribution in [0, 0.1) is 0 Å². The van der Waals surface area contributed by atoms with Crippen molar-refractivity contribution in [3.63, 3.8) is 0 Å². The summed E-state index contributed by atoms with van der Waals surface area (Å²) in [5.41, 5.74) is 0.579. The fourth-order valence-corrected chi connectivity index (χ4v) is 2.61. The lowest BCUT2D eigenvalue weighted by Gasteiger charge is -2.22. The Kier molecular flexibility index (Phi) is 5.60. The minimum atomic E-state index is -0.919. The number of hydrogen-bond donors (Lipinski definition) is 2. The first kappa shape index (κ1) is 15.4. The van der Waals surface area contributed by atoms with E-state index in [-0.39, 0.29) is 25.0 Å². The minimum absolute atomic E-state index is 0.0763. The first-order valence-electron chi connectivity index (χ1n) is 7.37. The van der Waals surface area contributed by atoms with Crippen molar-refractivity contribution in [2.45, 2.75) is 44.6 Å². The lowest BCUT2D eigenvalue weighted by molar-refractivity contribution is -0.136. The summed E-state index contributed by atoms with van der Waals surface area (Å²) in [6, 6.07) is 7.16. The summed E-state index contributed by atoms with van der Waals surface area (Å²) in [6.07, 6.45) is 5.51. The van der Waals surface area contributed by atoms with Crippen LogP contribution in [-0.4, -0.2) is 29.6 Å². The molecule has 0 bridgehead atoms. The second-order valence-corrected chi connectivity index (χ2v) is 5.37. The van der Waals surface area contributed by atoms with Crippen LogP contribution < -0.4 is 10.1 Å². The normalized spacial score (nSPS) is 15.4. The molecular weight excluding hydrogens is 270 g/mol. The minimum Gasteiger partial charge on any atom is -0.483 e. The van der Waals surface area contributed by atoms with E-state index in [1.807, 2.05) is 0 Å². The van der Waals surface area contributed by atoms with Gasteiger partial charge in [0.15, 0.2) is 6.61 Å². The molecule has 0 radical (unpaired) electrons. The van der Waals surface area contributed by atoms with Crippen molar-refractivity contribution in [1.82, 2.24) is 5.32 Å². The Hall–Kier alpha value is -2.04. The average Bonchev–Trinajstić information content (AvgIpc) is 2.47. The summed E-state index contributed by atoms with van der Waals surface area (Å²) in [6.45, 7) is -0.0763. The van der Waals surface area contributed by atoms with Crippen molar-refractivity contribution in [1.29, 1.82) is 0 Å². The fraction of sp³-hybridized carbons (Fsp3) is 0.500. The van der Waals surface area contributed by atoms with Crippen LogP contribution in [0.15, 0.2) is 24.3 Å². The third-order valence-electron chi connectivity index (χ3n) is 3.64. The summed E-state index contributed by atoms with van der Waals surface area (Å²) < 4.78 is 5.47. The molecule has 1 fully saturated rings. The molecule has 0 aliphatic heterocycles. The second kappa shape index (κ2) is 7.67. The van der Waals surface area contributed by atoms with Gasteiger partial charge in [0.1, 0.15) is 5.75 Å². The van der Waals surface area contributed by atoms with Crippen LogP contribution in [0.4, 0.5) is 0 Å². The molecule has 114 valence electrons. The zero-order valence-electron chi connectivity index (χ0n) is 12.0. The Morgan fingerprint density at radius 2 is 1.90 bits per heavy atom. The first-order valence-corrected chi connectivity index (χ1v) is 7.37. The maximum atomic E-state index is 11.9. The number of ether oxygens (including phenoxy) is 1. The van der Waals surface area contributed by atoms with E-state index in [2.05, 4.69) is 5.32 Å². The molecule has 1 amide bonds. The number of aliphatic carboxylic acids is 1. The molecule has 0 aromatic heterocycles. The predicted molar refractivity (Wildman–Crippen MR) is 78.3 cm³/mol. The highest BCUT2D eigenvalue weighted by atomic mass is 16.5. The smallest absolute Gasteiger partial charge is 0.307 e. The molecule has 0 unspecified atom stereocenters. The number of carbonyl (C=O) groups excluding carboxylic acids is 1. The number of benzene rings is 1. The van der Waals surface area contributed by atoms with Crippen LogP contribution in [0.3, 0.4) is 0 Å². The van der Waals surface area contributed by atoms with Crippen LogP contribution in [0.1, 0.15) is 37.7 Å². The maximum absolute atomic E-state index is 11.9. The van der Waals surface area contributed by atoms with Crippen molar-refractivity contribution < 1.29 is 19.4 Å². The molecule has 1 aliphatic carbocycles. The van der Waals surface area contributed by atoms with Gasteiger partial charge in [-0.25, -0.2) is 0 Å². The van der Waals surface area contributed by atoms with E-state index in [1.165, 1.54) is 6.42 Å². The van der Waals surface area contributed by atoms with Gasteiger partial charge in [0.05, 0.1) is 6.42 Å². The van der Waals surface area contributed by atoms with Crippen molar-refractivity contribution in [2.75, 3.05) is 6.61 Å². The van der Waals surface area contributed by atoms with Gasteiger partial charge in [-0.2, -0.15) is 0 Å². The van der Waals surface area contributed by atoms with Crippen LogP contribution in [0.5, 0.6) is 5.75 Å². The Balaban J connectivity index is 1.84. The summed E-state index contributed by atoms with van der Waals surface area (Å²) in [5.74, 6) is -0.608. The predicted octanol–water partition coefficient (Wildman–Crippen LogP) is 2.14. The third kappa shape index (κ3) is 5.10. The summed E-state index contributed by atoms with van der Waals surface area (Å²) in [5, 5.41) is 11.8. The van der Waals surface area contributed by atoms with Gasteiger partial charge in [-0.1, -0.05) is 37.5 Å². The summed E-state index contributed by atoms with van der Waals surface area (Å²) in [4.78, 5) is 22.7. The SMILES string of the molecule is O=C(O)Cc1ccccc1OCC(=O)NC1CCCCC1. The van der Waals surface area contributed by atoms with Crippen LogP contribution in [-0.2, 0) is 16.0 Å². The summed E-state index contributed by atoms with van der Waals surface area (Å²) >= 11 is 0. The summed E-state index contributed by atoms with van der Waals surface area (Å²) in [7, 11) is 0. The Morgan fingerprint density at radius 3 is 2.62 bits per heavy atom. The molecule has 0 atom stereocenters. The van der Waals surface area contributed by atoms with E-state index in [9.17, 15) is 9.59 Å². The monoisotopic (exact) mass is 291 g/mol. The van der Waals surface area contributed by atoms with Crippen molar-refractivity contribution in [3.05, 3.63) is 29.8 Å². The molecule has 2 N–H and O–H groups in total. The van der Waals surface area contributed by atoms with E-state index >= 15 is 0 Å². The van der Waals surface area contributed by atoms with E-state index in [1.54, 1.807) is 24.3 Å². The largest absolute Gasteiger partial charge is 0.483 e. The molecule has 2 rings (SSSR count). The highest BCUT2D eigenvalue weighted by Gasteiger charge is 2.16. The van der Waals surface area contributed by atoms with E-state index < -0.39 is 5.97 Å². The average molecular weight is 291 g/mol.